The summed E-state index contributed by atoms with van der Waals surface area (Å²) in [5, 5.41) is 3.82. The van der Waals surface area contributed by atoms with Gasteiger partial charge in [0.05, 0.1) is 5.69 Å². The number of amides is 1. The molecule has 104 valence electrons. The molecule has 1 aromatic heterocycles. The molecule has 3 rings (SSSR count). The summed E-state index contributed by atoms with van der Waals surface area (Å²) < 4.78 is 6.71. The Balaban J connectivity index is 2.23. The lowest BCUT2D eigenvalue weighted by Gasteiger charge is -2.22. The van der Waals surface area contributed by atoms with E-state index in [1.165, 1.54) is 0 Å². The van der Waals surface area contributed by atoms with Crippen molar-refractivity contribution in [2.24, 2.45) is 0 Å². The summed E-state index contributed by atoms with van der Waals surface area (Å²) in [4.78, 5) is 14.3. The van der Waals surface area contributed by atoms with Crippen LogP contribution in [0.3, 0.4) is 0 Å². The van der Waals surface area contributed by atoms with Crippen LogP contribution in [0.25, 0.3) is 11.0 Å². The molecule has 0 radical (unpaired) electrons. The fourth-order valence-electron chi connectivity index (χ4n) is 2.51. The zero-order chi connectivity index (χ0) is 14.3. The maximum atomic E-state index is 12.1. The van der Waals surface area contributed by atoms with Crippen molar-refractivity contribution in [3.63, 3.8) is 0 Å². The summed E-state index contributed by atoms with van der Waals surface area (Å²) in [6, 6.07) is 5.77. The number of hydrogen-bond acceptors (Lipinski definition) is 3. The number of nitrogens with one attached hydrogen (secondary N) is 1. The van der Waals surface area contributed by atoms with E-state index in [0.29, 0.717) is 18.8 Å². The molecule has 1 amide bonds. The van der Waals surface area contributed by atoms with Crippen molar-refractivity contribution in [2.75, 3.05) is 24.5 Å². The second-order valence-electron chi connectivity index (χ2n) is 5.05. The zero-order valence-corrected chi connectivity index (χ0v) is 12.8. The zero-order valence-electron chi connectivity index (χ0n) is 11.2. The van der Waals surface area contributed by atoms with Crippen molar-refractivity contribution < 1.29 is 9.21 Å². The number of hydrogen-bond donors (Lipinski definition) is 1. The first-order valence-corrected chi connectivity index (χ1v) is 7.25. The summed E-state index contributed by atoms with van der Waals surface area (Å²) in [5.74, 6) is 0.230. The van der Waals surface area contributed by atoms with Crippen molar-refractivity contribution in [2.45, 2.75) is 6.92 Å². The van der Waals surface area contributed by atoms with Gasteiger partial charge in [0, 0.05) is 29.5 Å². The predicted octanol–water partition coefficient (Wildman–Crippen LogP) is 3.32. The fourth-order valence-corrected chi connectivity index (χ4v) is 2.87. The van der Waals surface area contributed by atoms with Crippen LogP contribution in [0.4, 0.5) is 5.69 Å². The predicted molar refractivity (Wildman–Crippen MR) is 83.3 cm³/mol. The lowest BCUT2D eigenvalue weighted by molar-refractivity contribution is 0.0933. The van der Waals surface area contributed by atoms with Gasteiger partial charge in [-0.25, -0.2) is 0 Å². The third kappa shape index (κ3) is 2.22. The van der Waals surface area contributed by atoms with Crippen molar-refractivity contribution in [1.29, 1.82) is 0 Å². The van der Waals surface area contributed by atoms with E-state index in [1.54, 1.807) is 0 Å². The van der Waals surface area contributed by atoms with Crippen molar-refractivity contribution in [3.05, 3.63) is 40.6 Å². The normalized spacial score (nSPS) is 14.9. The van der Waals surface area contributed by atoms with Crippen LogP contribution >= 0.6 is 15.9 Å². The van der Waals surface area contributed by atoms with Crippen molar-refractivity contribution in [3.8, 4) is 0 Å². The Labute approximate surface area is 125 Å². The maximum absolute atomic E-state index is 12.1. The van der Waals surface area contributed by atoms with Crippen LogP contribution in [0.15, 0.2) is 39.2 Å². The summed E-state index contributed by atoms with van der Waals surface area (Å²) in [6.45, 7) is 8.01. The number of furan rings is 1. The molecule has 2 aromatic rings. The van der Waals surface area contributed by atoms with Gasteiger partial charge in [0.1, 0.15) is 5.58 Å². The smallest absolute Gasteiger partial charge is 0.289 e. The van der Waals surface area contributed by atoms with Gasteiger partial charge in [-0.2, -0.15) is 0 Å². The molecule has 0 spiro atoms. The highest BCUT2D eigenvalue weighted by Gasteiger charge is 2.27. The minimum Gasteiger partial charge on any atom is -0.449 e. The van der Waals surface area contributed by atoms with E-state index < -0.39 is 0 Å². The van der Waals surface area contributed by atoms with E-state index in [-0.39, 0.29) is 5.91 Å². The highest BCUT2D eigenvalue weighted by molar-refractivity contribution is 9.10. The minimum absolute atomic E-state index is 0.156. The number of carbonyl (C=O) groups excluding carboxylic acids is 1. The average molecular weight is 335 g/mol. The van der Waals surface area contributed by atoms with Gasteiger partial charge in [-0.1, -0.05) is 28.1 Å². The largest absolute Gasteiger partial charge is 0.449 e. The van der Waals surface area contributed by atoms with Gasteiger partial charge in [0.25, 0.3) is 5.91 Å². The standard InChI is InChI=1S/C15H15BrN2O2/c1-9(2)8-18-6-5-17-15(19)14-13(18)11-7-10(16)3-4-12(11)20-14/h3-4,7H,1,5-6,8H2,2H3,(H,17,19). The topological polar surface area (TPSA) is 45.5 Å². The van der Waals surface area contributed by atoms with Crippen molar-refractivity contribution >= 4 is 38.5 Å². The molecule has 4 nitrogen and oxygen atoms in total. The Morgan fingerprint density at radius 1 is 1.55 bits per heavy atom. The summed E-state index contributed by atoms with van der Waals surface area (Å²) in [5.41, 5.74) is 2.64. The molecule has 0 saturated heterocycles. The van der Waals surface area contributed by atoms with Crippen LogP contribution in [0.1, 0.15) is 17.5 Å². The third-order valence-corrected chi connectivity index (χ3v) is 3.77. The second-order valence-corrected chi connectivity index (χ2v) is 5.97. The molecule has 0 aliphatic carbocycles. The Morgan fingerprint density at radius 3 is 3.10 bits per heavy atom. The number of benzene rings is 1. The monoisotopic (exact) mass is 334 g/mol. The Morgan fingerprint density at radius 2 is 2.35 bits per heavy atom. The van der Waals surface area contributed by atoms with Gasteiger partial charge in [-0.05, 0) is 25.1 Å². The lowest BCUT2D eigenvalue weighted by atomic mass is 10.2. The van der Waals surface area contributed by atoms with Gasteiger partial charge in [-0.15, -0.1) is 0 Å². The number of nitrogens with zero attached hydrogens (tertiary/aromatic N) is 1. The molecule has 20 heavy (non-hydrogen) atoms. The van der Waals surface area contributed by atoms with Gasteiger partial charge >= 0.3 is 0 Å². The van der Waals surface area contributed by atoms with E-state index in [2.05, 4.69) is 32.7 Å². The average Bonchev–Trinajstić information content (AvgIpc) is 2.68. The second kappa shape index (κ2) is 4.98. The molecular weight excluding hydrogens is 320 g/mol. The molecule has 2 heterocycles. The van der Waals surface area contributed by atoms with E-state index in [4.69, 9.17) is 4.42 Å². The van der Waals surface area contributed by atoms with E-state index in [1.807, 2.05) is 25.1 Å². The van der Waals surface area contributed by atoms with Crippen molar-refractivity contribution in [1.82, 2.24) is 5.32 Å². The summed E-state index contributed by atoms with van der Waals surface area (Å²) >= 11 is 3.47. The molecule has 0 saturated carbocycles. The number of rotatable bonds is 2. The SMILES string of the molecule is C=C(C)CN1CCNC(=O)c2oc3ccc(Br)cc3c21. The fraction of sp³-hybridized carbons (Fsp3) is 0.267. The Hall–Kier alpha value is -1.75. The van der Waals surface area contributed by atoms with Crippen LogP contribution in [0.5, 0.6) is 0 Å². The van der Waals surface area contributed by atoms with E-state index in [9.17, 15) is 4.79 Å². The molecule has 0 atom stereocenters. The number of anilines is 1. The molecule has 1 aromatic carbocycles. The Bertz CT molecular complexity index is 705. The van der Waals surface area contributed by atoms with Gasteiger partial charge in [0.2, 0.25) is 5.76 Å². The van der Waals surface area contributed by atoms with Crippen LogP contribution in [0, 0.1) is 0 Å². The molecule has 1 aliphatic rings. The summed E-state index contributed by atoms with van der Waals surface area (Å²) in [7, 11) is 0. The molecular formula is C15H15BrN2O2. The quantitative estimate of drug-likeness (QED) is 0.857. The van der Waals surface area contributed by atoms with Crippen LogP contribution in [-0.4, -0.2) is 25.5 Å². The minimum atomic E-state index is -0.156. The van der Waals surface area contributed by atoms with Gasteiger partial charge in [0.15, 0.2) is 0 Å². The molecule has 0 fully saturated rings. The van der Waals surface area contributed by atoms with Crippen LogP contribution in [0.2, 0.25) is 0 Å². The first kappa shape index (κ1) is 13.2. The molecule has 0 unspecified atom stereocenters. The molecule has 0 bridgehead atoms. The molecule has 5 heteroatoms. The lowest BCUT2D eigenvalue weighted by Crippen LogP contribution is -2.31. The highest BCUT2D eigenvalue weighted by Crippen LogP contribution is 2.36. The highest BCUT2D eigenvalue weighted by atomic mass is 79.9. The molecule has 1 N–H and O–H groups in total. The first-order chi connectivity index (χ1) is 9.56. The van der Waals surface area contributed by atoms with Gasteiger partial charge in [-0.3, -0.25) is 4.79 Å². The number of carbonyl (C=O) groups is 1. The van der Waals surface area contributed by atoms with E-state index >= 15 is 0 Å². The first-order valence-electron chi connectivity index (χ1n) is 6.46. The molecule has 1 aliphatic heterocycles. The van der Waals surface area contributed by atoms with E-state index in [0.717, 1.165) is 33.2 Å². The number of fused-ring (bicyclic) bond motifs is 3. The van der Waals surface area contributed by atoms with Crippen LogP contribution < -0.4 is 10.2 Å². The van der Waals surface area contributed by atoms with Crippen LogP contribution in [-0.2, 0) is 0 Å². The third-order valence-electron chi connectivity index (χ3n) is 3.27. The Kier molecular flexibility index (Phi) is 3.30. The van der Waals surface area contributed by atoms with Gasteiger partial charge < -0.3 is 14.6 Å². The number of halogens is 1. The maximum Gasteiger partial charge on any atom is 0.289 e. The summed E-state index contributed by atoms with van der Waals surface area (Å²) in [6.07, 6.45) is 0.